The molecule has 0 saturated carbocycles. The van der Waals surface area contributed by atoms with Crippen molar-refractivity contribution in [1.82, 2.24) is 0 Å². The molecule has 0 aliphatic carbocycles. The molecule has 3 aromatic rings. The fourth-order valence-corrected chi connectivity index (χ4v) is 2.59. The maximum absolute atomic E-state index is 12.5. The summed E-state index contributed by atoms with van der Waals surface area (Å²) in [7, 11) is 0. The summed E-state index contributed by atoms with van der Waals surface area (Å²) in [5, 5.41) is 3.16. The van der Waals surface area contributed by atoms with Crippen LogP contribution in [0.5, 0.6) is 5.75 Å². The number of carbonyl (C=O) groups excluding carboxylic acids is 2. The summed E-state index contributed by atoms with van der Waals surface area (Å²) in [5.74, 6) is 0.000527. The van der Waals surface area contributed by atoms with Gasteiger partial charge < -0.3 is 10.1 Å². The van der Waals surface area contributed by atoms with E-state index in [4.69, 9.17) is 16.3 Å². The third-order valence-corrected chi connectivity index (χ3v) is 3.95. The minimum atomic E-state index is -0.339. The Bertz CT molecular complexity index is 925. The molecule has 0 heterocycles. The van der Waals surface area contributed by atoms with Crippen LogP contribution in [-0.4, -0.2) is 18.3 Å². The van der Waals surface area contributed by atoms with Crippen molar-refractivity contribution >= 4 is 29.0 Å². The predicted octanol–water partition coefficient (Wildman–Crippen LogP) is 4.59. The molecule has 26 heavy (non-hydrogen) atoms. The predicted molar refractivity (Wildman–Crippen MR) is 102 cm³/mol. The van der Waals surface area contributed by atoms with Gasteiger partial charge in [0.1, 0.15) is 5.75 Å². The minimum absolute atomic E-state index is 0.103. The van der Waals surface area contributed by atoms with Crippen LogP contribution in [0.15, 0.2) is 78.9 Å². The monoisotopic (exact) mass is 365 g/mol. The van der Waals surface area contributed by atoms with Gasteiger partial charge in [-0.3, -0.25) is 9.59 Å². The van der Waals surface area contributed by atoms with Gasteiger partial charge in [-0.05, 0) is 24.3 Å². The van der Waals surface area contributed by atoms with Gasteiger partial charge in [0.25, 0.3) is 5.91 Å². The van der Waals surface area contributed by atoms with E-state index < -0.39 is 0 Å². The topological polar surface area (TPSA) is 55.4 Å². The van der Waals surface area contributed by atoms with Crippen molar-refractivity contribution in [3.05, 3.63) is 95.0 Å². The van der Waals surface area contributed by atoms with Gasteiger partial charge >= 0.3 is 0 Å². The number of rotatable bonds is 6. The fraction of sp³-hybridized carbons (Fsp3) is 0.0476. The lowest BCUT2D eigenvalue weighted by Crippen LogP contribution is -2.20. The Labute approximate surface area is 156 Å². The maximum atomic E-state index is 12.5. The van der Waals surface area contributed by atoms with E-state index in [0.717, 1.165) is 0 Å². The minimum Gasteiger partial charge on any atom is -0.482 e. The molecule has 0 unspecified atom stereocenters. The lowest BCUT2D eigenvalue weighted by Gasteiger charge is -2.09. The second-order valence-electron chi connectivity index (χ2n) is 5.54. The average Bonchev–Trinajstić information content (AvgIpc) is 2.68. The Balaban J connectivity index is 1.64. The summed E-state index contributed by atoms with van der Waals surface area (Å²) in [4.78, 5) is 24.6. The van der Waals surface area contributed by atoms with Crippen molar-refractivity contribution in [2.75, 3.05) is 11.9 Å². The molecule has 1 amide bonds. The summed E-state index contributed by atoms with van der Waals surface area (Å²) in [6, 6.07) is 22.7. The van der Waals surface area contributed by atoms with E-state index in [-0.39, 0.29) is 18.3 Å². The number of hydrogen-bond acceptors (Lipinski definition) is 3. The number of nitrogens with one attached hydrogen (secondary N) is 1. The Kier molecular flexibility index (Phi) is 5.66. The number of para-hydroxylation sites is 1. The first-order chi connectivity index (χ1) is 12.6. The summed E-state index contributed by atoms with van der Waals surface area (Å²) >= 11 is 5.99. The van der Waals surface area contributed by atoms with Crippen LogP contribution in [0.1, 0.15) is 15.9 Å². The zero-order valence-corrected chi connectivity index (χ0v) is 14.6. The molecule has 0 atom stereocenters. The van der Waals surface area contributed by atoms with Crippen molar-refractivity contribution < 1.29 is 14.3 Å². The molecule has 5 heteroatoms. The zero-order valence-electron chi connectivity index (χ0n) is 13.8. The third kappa shape index (κ3) is 4.49. The highest BCUT2D eigenvalue weighted by molar-refractivity contribution is 6.32. The Morgan fingerprint density at radius 1 is 0.846 bits per heavy atom. The molecule has 0 radical (unpaired) electrons. The first-order valence-electron chi connectivity index (χ1n) is 8.00. The van der Waals surface area contributed by atoms with Crippen molar-refractivity contribution in [2.45, 2.75) is 0 Å². The molecule has 0 spiro atoms. The molecular formula is C21H16ClNO3. The molecule has 0 aliphatic rings. The number of halogens is 1. The molecular weight excluding hydrogens is 350 g/mol. The molecule has 0 aliphatic heterocycles. The highest BCUT2D eigenvalue weighted by atomic mass is 35.5. The largest absolute Gasteiger partial charge is 0.482 e. The van der Waals surface area contributed by atoms with Gasteiger partial charge in [-0.15, -0.1) is 0 Å². The van der Waals surface area contributed by atoms with E-state index in [9.17, 15) is 9.59 Å². The van der Waals surface area contributed by atoms with Crippen LogP contribution in [0.2, 0.25) is 5.02 Å². The number of ketones is 1. The molecule has 0 fully saturated rings. The lowest BCUT2D eigenvalue weighted by molar-refractivity contribution is -0.118. The van der Waals surface area contributed by atoms with Crippen molar-refractivity contribution in [2.24, 2.45) is 0 Å². The molecule has 130 valence electrons. The number of anilines is 1. The van der Waals surface area contributed by atoms with E-state index in [1.165, 1.54) is 0 Å². The van der Waals surface area contributed by atoms with Gasteiger partial charge in [-0.1, -0.05) is 66.2 Å². The number of benzene rings is 3. The lowest BCUT2D eigenvalue weighted by atomic mass is 10.0. The van der Waals surface area contributed by atoms with Crippen LogP contribution in [0.25, 0.3) is 0 Å². The Morgan fingerprint density at radius 2 is 1.54 bits per heavy atom. The molecule has 1 N–H and O–H groups in total. The van der Waals surface area contributed by atoms with E-state index in [2.05, 4.69) is 5.32 Å². The Hall–Kier alpha value is -3.11. The van der Waals surface area contributed by atoms with Crippen LogP contribution in [-0.2, 0) is 4.79 Å². The smallest absolute Gasteiger partial charge is 0.262 e. The molecule has 4 nitrogen and oxygen atoms in total. The summed E-state index contributed by atoms with van der Waals surface area (Å²) < 4.78 is 5.41. The summed E-state index contributed by atoms with van der Waals surface area (Å²) in [5.41, 5.74) is 1.62. The highest BCUT2D eigenvalue weighted by Crippen LogP contribution is 2.23. The third-order valence-electron chi connectivity index (χ3n) is 3.64. The van der Waals surface area contributed by atoms with Crippen LogP contribution < -0.4 is 10.1 Å². The van der Waals surface area contributed by atoms with Crippen molar-refractivity contribution in [1.29, 1.82) is 0 Å². The summed E-state index contributed by atoms with van der Waals surface area (Å²) in [6.45, 7) is -0.180. The summed E-state index contributed by atoms with van der Waals surface area (Å²) in [6.07, 6.45) is 0. The van der Waals surface area contributed by atoms with E-state index in [1.54, 1.807) is 60.7 Å². The van der Waals surface area contributed by atoms with E-state index in [0.29, 0.717) is 27.6 Å². The highest BCUT2D eigenvalue weighted by Gasteiger charge is 2.11. The standard InChI is InChI=1S/C21H16ClNO3/c22-18-11-4-5-12-19(18)26-14-20(24)23-17-10-6-9-16(13-17)21(25)15-7-2-1-3-8-15/h1-13H,14H2,(H,23,24). The van der Waals surface area contributed by atoms with Gasteiger partial charge in [0.2, 0.25) is 0 Å². The number of amides is 1. The molecule has 0 bridgehead atoms. The number of carbonyl (C=O) groups is 2. The van der Waals surface area contributed by atoms with Gasteiger partial charge in [-0.25, -0.2) is 0 Å². The van der Waals surface area contributed by atoms with Crippen LogP contribution in [0, 0.1) is 0 Å². The van der Waals surface area contributed by atoms with E-state index >= 15 is 0 Å². The van der Waals surface area contributed by atoms with Crippen LogP contribution >= 0.6 is 11.6 Å². The first-order valence-corrected chi connectivity index (χ1v) is 8.38. The number of hydrogen-bond donors (Lipinski definition) is 1. The van der Waals surface area contributed by atoms with Gasteiger partial charge in [0.15, 0.2) is 12.4 Å². The van der Waals surface area contributed by atoms with Gasteiger partial charge in [0.05, 0.1) is 5.02 Å². The van der Waals surface area contributed by atoms with E-state index in [1.807, 2.05) is 18.2 Å². The molecule has 3 rings (SSSR count). The average molecular weight is 366 g/mol. The van der Waals surface area contributed by atoms with Crippen molar-refractivity contribution in [3.63, 3.8) is 0 Å². The normalized spacial score (nSPS) is 10.2. The van der Waals surface area contributed by atoms with Gasteiger partial charge in [-0.2, -0.15) is 0 Å². The van der Waals surface area contributed by atoms with Gasteiger partial charge in [0, 0.05) is 16.8 Å². The first kappa shape index (κ1) is 17.7. The Morgan fingerprint density at radius 3 is 2.31 bits per heavy atom. The second kappa shape index (κ2) is 8.32. The maximum Gasteiger partial charge on any atom is 0.262 e. The fourth-order valence-electron chi connectivity index (χ4n) is 2.40. The van der Waals surface area contributed by atoms with Crippen LogP contribution in [0.3, 0.4) is 0 Å². The van der Waals surface area contributed by atoms with Crippen LogP contribution in [0.4, 0.5) is 5.69 Å². The zero-order chi connectivity index (χ0) is 18.4. The SMILES string of the molecule is O=C(COc1ccccc1Cl)Nc1cccc(C(=O)c2ccccc2)c1. The molecule has 0 saturated heterocycles. The quantitative estimate of drug-likeness (QED) is 0.650. The molecule has 0 aromatic heterocycles. The second-order valence-corrected chi connectivity index (χ2v) is 5.95. The molecule has 3 aromatic carbocycles. The van der Waals surface area contributed by atoms with Crippen molar-refractivity contribution in [3.8, 4) is 5.75 Å². The number of ether oxygens (including phenoxy) is 1.